The molecule has 250 valence electrons. The van der Waals surface area contributed by atoms with Gasteiger partial charge in [-0.05, 0) is 56.3 Å². The molecule has 0 saturated heterocycles. The lowest BCUT2D eigenvalue weighted by molar-refractivity contribution is 0.667. The van der Waals surface area contributed by atoms with E-state index in [0.717, 1.165) is 67.0 Å². The number of fused-ring (bicyclic) bond motifs is 4. The molecular formula is C49H33N3O. The predicted molar refractivity (Wildman–Crippen MR) is 219 cm³/mol. The van der Waals surface area contributed by atoms with Crippen molar-refractivity contribution in [3.05, 3.63) is 205 Å². The van der Waals surface area contributed by atoms with Crippen LogP contribution < -0.4 is 5.32 Å². The van der Waals surface area contributed by atoms with Gasteiger partial charge in [0.1, 0.15) is 22.8 Å². The number of hydrogen-bond acceptors (Lipinski definition) is 4. The number of benzene rings is 8. The summed E-state index contributed by atoms with van der Waals surface area (Å²) in [5.41, 5.74) is 11.5. The van der Waals surface area contributed by atoms with Crippen LogP contribution >= 0.6 is 0 Å². The number of nitrogens with one attached hydrogen (secondary N) is 1. The molecule has 0 aliphatic carbocycles. The van der Waals surface area contributed by atoms with Crippen molar-refractivity contribution in [3.8, 4) is 33.4 Å². The van der Waals surface area contributed by atoms with Crippen LogP contribution in [0.2, 0.25) is 0 Å². The Morgan fingerprint density at radius 2 is 0.906 bits per heavy atom. The van der Waals surface area contributed by atoms with Gasteiger partial charge in [0.2, 0.25) is 0 Å². The largest absolute Gasteiger partial charge is 0.456 e. The summed E-state index contributed by atoms with van der Waals surface area (Å²) < 4.78 is 6.46. The molecule has 8 aromatic carbocycles. The third-order valence-electron chi connectivity index (χ3n) is 10.2. The second-order valence-corrected chi connectivity index (χ2v) is 13.4. The molecule has 4 nitrogen and oxygen atoms in total. The first-order valence-electron chi connectivity index (χ1n) is 17.9. The molecule has 1 aliphatic heterocycles. The van der Waals surface area contributed by atoms with Gasteiger partial charge >= 0.3 is 0 Å². The maximum atomic E-state index is 6.46. The van der Waals surface area contributed by atoms with Gasteiger partial charge < -0.3 is 9.73 Å². The van der Waals surface area contributed by atoms with Crippen LogP contribution in [0.5, 0.6) is 0 Å². The van der Waals surface area contributed by atoms with Crippen LogP contribution in [0.25, 0.3) is 66.1 Å². The van der Waals surface area contributed by atoms with Crippen molar-refractivity contribution in [1.29, 1.82) is 0 Å². The summed E-state index contributed by atoms with van der Waals surface area (Å²) in [7, 11) is 0. The second-order valence-electron chi connectivity index (χ2n) is 13.4. The quantitative estimate of drug-likeness (QED) is 0.190. The molecule has 53 heavy (non-hydrogen) atoms. The molecule has 1 unspecified atom stereocenters. The van der Waals surface area contributed by atoms with Crippen LogP contribution in [0.15, 0.2) is 202 Å². The molecule has 1 N–H and O–H groups in total. The van der Waals surface area contributed by atoms with Gasteiger partial charge in [-0.2, -0.15) is 0 Å². The average Bonchev–Trinajstić information content (AvgIpc) is 3.63. The molecule has 0 fully saturated rings. The highest BCUT2D eigenvalue weighted by Crippen LogP contribution is 2.43. The first-order chi connectivity index (χ1) is 26.3. The molecule has 2 heterocycles. The van der Waals surface area contributed by atoms with Gasteiger partial charge in [-0.25, -0.2) is 9.98 Å². The van der Waals surface area contributed by atoms with Crippen molar-refractivity contribution in [2.24, 2.45) is 9.98 Å². The van der Waals surface area contributed by atoms with E-state index in [-0.39, 0.29) is 0 Å². The zero-order valence-electron chi connectivity index (χ0n) is 28.8. The van der Waals surface area contributed by atoms with E-state index in [1.54, 1.807) is 0 Å². The normalized spacial score (nSPS) is 14.2. The molecule has 10 rings (SSSR count). The van der Waals surface area contributed by atoms with Gasteiger partial charge in [-0.15, -0.1) is 0 Å². The molecule has 0 spiro atoms. The van der Waals surface area contributed by atoms with Crippen LogP contribution in [0.3, 0.4) is 0 Å². The number of rotatable bonds is 6. The van der Waals surface area contributed by atoms with E-state index in [0.29, 0.717) is 0 Å². The lowest BCUT2D eigenvalue weighted by Crippen LogP contribution is -2.36. The third kappa shape index (κ3) is 5.58. The van der Waals surface area contributed by atoms with Crippen molar-refractivity contribution in [2.75, 3.05) is 0 Å². The Bertz CT molecular complexity index is 2830. The van der Waals surface area contributed by atoms with Crippen molar-refractivity contribution >= 4 is 44.4 Å². The Labute approximate surface area is 307 Å². The average molecular weight is 680 g/mol. The zero-order valence-corrected chi connectivity index (χ0v) is 28.8. The summed E-state index contributed by atoms with van der Waals surface area (Å²) in [6.07, 6.45) is -0.548. The molecule has 1 atom stereocenters. The van der Waals surface area contributed by atoms with E-state index in [1.807, 2.05) is 36.4 Å². The van der Waals surface area contributed by atoms with E-state index < -0.39 is 6.17 Å². The fourth-order valence-electron chi connectivity index (χ4n) is 7.59. The Balaban J connectivity index is 1.15. The van der Waals surface area contributed by atoms with Crippen LogP contribution in [-0.4, -0.2) is 11.7 Å². The second kappa shape index (κ2) is 12.9. The van der Waals surface area contributed by atoms with Crippen molar-refractivity contribution < 1.29 is 4.42 Å². The van der Waals surface area contributed by atoms with Crippen molar-refractivity contribution in [1.82, 2.24) is 5.32 Å². The zero-order chi connectivity index (χ0) is 35.1. The molecule has 0 amide bonds. The lowest BCUT2D eigenvalue weighted by Gasteiger charge is -2.24. The number of para-hydroxylation sites is 1. The van der Waals surface area contributed by atoms with Crippen molar-refractivity contribution in [3.63, 3.8) is 0 Å². The molecule has 1 aliphatic rings. The van der Waals surface area contributed by atoms with Crippen LogP contribution in [0, 0.1) is 0 Å². The first kappa shape index (κ1) is 30.8. The van der Waals surface area contributed by atoms with Gasteiger partial charge in [0.05, 0.1) is 0 Å². The smallest absolute Gasteiger partial charge is 0.171 e. The first-order valence-corrected chi connectivity index (χ1v) is 17.9. The summed E-state index contributed by atoms with van der Waals surface area (Å²) >= 11 is 0. The standard InChI is InChI=1S/C49H33N3O/c1-3-12-32(13-4-1)33-22-28-38(29-23-33)48-50-47(37-15-5-2-6-16-37)51-49(52-48)46-41(30-31-44-45(46)42-19-9-10-21-43(42)53-44)36-26-24-35(25-27-36)40-20-11-17-34-14-7-8-18-39(34)40/h1-31,49H,(H,50,51,52). The monoisotopic (exact) mass is 679 g/mol. The maximum absolute atomic E-state index is 6.46. The van der Waals surface area contributed by atoms with Gasteiger partial charge in [-0.1, -0.05) is 176 Å². The molecule has 0 saturated carbocycles. The molecule has 1 aromatic heterocycles. The molecule has 9 aromatic rings. The number of hydrogen-bond donors (Lipinski definition) is 1. The van der Waals surface area contributed by atoms with Crippen LogP contribution in [0.4, 0.5) is 0 Å². The Morgan fingerprint density at radius 3 is 1.64 bits per heavy atom. The summed E-state index contributed by atoms with van der Waals surface area (Å²) in [5.74, 6) is 1.54. The molecular weight excluding hydrogens is 647 g/mol. The lowest BCUT2D eigenvalue weighted by atomic mass is 9.91. The highest BCUT2D eigenvalue weighted by atomic mass is 16.3. The number of nitrogens with zero attached hydrogens (tertiary/aromatic N) is 2. The minimum atomic E-state index is -0.548. The Morgan fingerprint density at radius 1 is 0.377 bits per heavy atom. The molecule has 0 bridgehead atoms. The molecule has 4 heteroatoms. The fraction of sp³-hybridized carbons (Fsp3) is 0.0204. The summed E-state index contributed by atoms with van der Waals surface area (Å²) in [6, 6.07) is 65.8. The maximum Gasteiger partial charge on any atom is 0.171 e. The van der Waals surface area contributed by atoms with Crippen LogP contribution in [-0.2, 0) is 0 Å². The van der Waals surface area contributed by atoms with Gasteiger partial charge in [0.15, 0.2) is 6.17 Å². The minimum absolute atomic E-state index is 0.548. The minimum Gasteiger partial charge on any atom is -0.456 e. The SMILES string of the molecule is c1ccc(C2=NC(c3c(-c4ccc(-c5cccc6ccccc56)cc4)ccc4oc5ccccc5c34)N=C(c3ccc(-c4ccccc4)cc3)N2)cc1. The number of amidine groups is 2. The number of aliphatic imine (C=N–C) groups is 2. The fourth-order valence-corrected chi connectivity index (χ4v) is 7.59. The predicted octanol–water partition coefficient (Wildman–Crippen LogP) is 12.2. The van der Waals surface area contributed by atoms with E-state index in [4.69, 9.17) is 14.4 Å². The molecule has 0 radical (unpaired) electrons. The van der Waals surface area contributed by atoms with Gasteiger partial charge in [0.25, 0.3) is 0 Å². The number of furan rings is 1. The van der Waals surface area contributed by atoms with Crippen molar-refractivity contribution in [2.45, 2.75) is 6.17 Å². The van der Waals surface area contributed by atoms with E-state index in [1.165, 1.54) is 27.5 Å². The van der Waals surface area contributed by atoms with Gasteiger partial charge in [-0.3, -0.25) is 0 Å². The van der Waals surface area contributed by atoms with Gasteiger partial charge in [0, 0.05) is 27.5 Å². The Kier molecular flexibility index (Phi) is 7.51. The van der Waals surface area contributed by atoms with E-state index in [2.05, 4.69) is 157 Å². The highest BCUT2D eigenvalue weighted by Gasteiger charge is 2.27. The highest BCUT2D eigenvalue weighted by molar-refractivity contribution is 6.17. The Hall–Kier alpha value is -7.04. The topological polar surface area (TPSA) is 49.9 Å². The third-order valence-corrected chi connectivity index (χ3v) is 10.2. The van der Waals surface area contributed by atoms with E-state index in [9.17, 15) is 0 Å². The summed E-state index contributed by atoms with van der Waals surface area (Å²) in [5, 5.41) is 8.15. The summed E-state index contributed by atoms with van der Waals surface area (Å²) in [6.45, 7) is 0. The van der Waals surface area contributed by atoms with E-state index >= 15 is 0 Å². The van der Waals surface area contributed by atoms with Crippen LogP contribution in [0.1, 0.15) is 22.9 Å². The summed E-state index contributed by atoms with van der Waals surface area (Å²) in [4.78, 5) is 10.8.